The van der Waals surface area contributed by atoms with Crippen LogP contribution in [0.15, 0.2) is 66.9 Å². The van der Waals surface area contributed by atoms with E-state index in [4.69, 9.17) is 17.0 Å². The molecular formula is C26H25ClN4O. The van der Waals surface area contributed by atoms with E-state index in [1.807, 2.05) is 43.3 Å². The minimum Gasteiger partial charge on any atom is -0.344 e. The smallest absolute Gasteiger partial charge is 0.239 e. The number of halogens is 1. The summed E-state index contributed by atoms with van der Waals surface area (Å²) in [5.74, 6) is 0.0863. The van der Waals surface area contributed by atoms with Crippen LogP contribution in [0.5, 0.6) is 0 Å². The van der Waals surface area contributed by atoms with E-state index in [9.17, 15) is 4.79 Å². The minimum absolute atomic E-state index is 0.0679. The Hall–Kier alpha value is -3.18. The third kappa shape index (κ3) is 3.56. The summed E-state index contributed by atoms with van der Waals surface area (Å²) in [5.41, 5.74) is 4.01. The van der Waals surface area contributed by atoms with Crippen LogP contribution in [-0.4, -0.2) is 28.8 Å². The predicted octanol–water partition coefficient (Wildman–Crippen LogP) is 5.27. The maximum atomic E-state index is 13.5. The van der Waals surface area contributed by atoms with Gasteiger partial charge in [-0.25, -0.2) is 0 Å². The first-order chi connectivity index (χ1) is 15.4. The predicted molar refractivity (Wildman–Crippen MR) is 127 cm³/mol. The number of rotatable bonds is 4. The number of pyridine rings is 1. The zero-order valence-corrected chi connectivity index (χ0v) is 18.9. The van der Waals surface area contributed by atoms with Crippen LogP contribution >= 0.6 is 11.6 Å². The van der Waals surface area contributed by atoms with Gasteiger partial charge in [0.2, 0.25) is 5.91 Å². The van der Waals surface area contributed by atoms with Gasteiger partial charge in [-0.15, -0.1) is 0 Å². The molecule has 32 heavy (non-hydrogen) atoms. The van der Waals surface area contributed by atoms with Gasteiger partial charge in [-0.2, -0.15) is 0 Å². The summed E-state index contributed by atoms with van der Waals surface area (Å²) in [7, 11) is 1.64. The summed E-state index contributed by atoms with van der Waals surface area (Å²) in [5, 5.41) is 12.3. The van der Waals surface area contributed by atoms with Gasteiger partial charge >= 0.3 is 0 Å². The van der Waals surface area contributed by atoms with E-state index < -0.39 is 11.5 Å². The maximum absolute atomic E-state index is 13.5. The first-order valence-electron chi connectivity index (χ1n) is 10.8. The molecule has 162 valence electrons. The van der Waals surface area contributed by atoms with Gasteiger partial charge in [0.25, 0.3) is 0 Å². The Morgan fingerprint density at radius 1 is 1.06 bits per heavy atom. The van der Waals surface area contributed by atoms with Crippen LogP contribution in [0.25, 0.3) is 11.1 Å². The molecule has 2 aromatic carbocycles. The van der Waals surface area contributed by atoms with Crippen molar-refractivity contribution >= 4 is 23.5 Å². The monoisotopic (exact) mass is 444 g/mol. The standard InChI is InChI=1S/C26H25ClN4O/c1-26(22-15-20(12-13-29-22)19-4-3-5-21(27)14-19)23(24(32)31(2)25(28)30-26)18-10-8-17(9-11-18)16-6-7-16/h3-5,8-16,23H,6-7H2,1-2H3,(H2,28,30)/t23-,26+/m0/s1. The zero-order chi connectivity index (χ0) is 22.5. The molecule has 2 heterocycles. The lowest BCUT2D eigenvalue weighted by Crippen LogP contribution is -2.62. The highest BCUT2D eigenvalue weighted by Crippen LogP contribution is 2.43. The van der Waals surface area contributed by atoms with Crippen molar-refractivity contribution in [3.8, 4) is 11.1 Å². The fraction of sp³-hybridized carbons (Fsp3) is 0.269. The Morgan fingerprint density at radius 2 is 1.75 bits per heavy atom. The first kappa shape index (κ1) is 20.7. The summed E-state index contributed by atoms with van der Waals surface area (Å²) in [6.45, 7) is 1.95. The molecule has 1 saturated heterocycles. The number of nitrogens with zero attached hydrogens (tertiary/aromatic N) is 2. The zero-order valence-electron chi connectivity index (χ0n) is 18.1. The van der Waals surface area contributed by atoms with Crippen molar-refractivity contribution in [2.45, 2.75) is 37.1 Å². The van der Waals surface area contributed by atoms with Gasteiger partial charge in [0.1, 0.15) is 0 Å². The van der Waals surface area contributed by atoms with Gasteiger partial charge in [-0.1, -0.05) is 48.0 Å². The highest BCUT2D eigenvalue weighted by Gasteiger charge is 2.49. The molecule has 1 aromatic heterocycles. The molecule has 2 atom stereocenters. The molecule has 6 heteroatoms. The van der Waals surface area contributed by atoms with E-state index in [1.165, 1.54) is 23.3 Å². The van der Waals surface area contributed by atoms with Crippen LogP contribution in [0.3, 0.4) is 0 Å². The van der Waals surface area contributed by atoms with Crippen molar-refractivity contribution in [1.29, 1.82) is 5.41 Å². The van der Waals surface area contributed by atoms with E-state index in [0.29, 0.717) is 16.6 Å². The fourth-order valence-corrected chi connectivity index (χ4v) is 4.77. The third-order valence-corrected chi connectivity index (χ3v) is 6.87. The Kier molecular flexibility index (Phi) is 5.01. The number of carbonyl (C=O) groups excluding carboxylic acids is 1. The highest BCUT2D eigenvalue weighted by atomic mass is 35.5. The topological polar surface area (TPSA) is 69.1 Å². The average Bonchev–Trinajstić information content (AvgIpc) is 3.64. The van der Waals surface area contributed by atoms with Crippen LogP contribution < -0.4 is 5.32 Å². The molecule has 1 aliphatic carbocycles. The molecule has 0 bridgehead atoms. The number of hydrogen-bond donors (Lipinski definition) is 2. The molecule has 1 saturated carbocycles. The summed E-state index contributed by atoms with van der Waals surface area (Å²) in [6, 6.07) is 20.0. The fourth-order valence-electron chi connectivity index (χ4n) is 4.58. The molecule has 5 rings (SSSR count). The third-order valence-electron chi connectivity index (χ3n) is 6.64. The summed E-state index contributed by atoms with van der Waals surface area (Å²) < 4.78 is 0. The lowest BCUT2D eigenvalue weighted by atomic mass is 9.75. The van der Waals surface area contributed by atoms with Crippen molar-refractivity contribution in [3.63, 3.8) is 0 Å². The van der Waals surface area contributed by atoms with Crippen molar-refractivity contribution in [2.75, 3.05) is 7.05 Å². The number of hydrogen-bond acceptors (Lipinski definition) is 3. The summed E-state index contributed by atoms with van der Waals surface area (Å²) >= 11 is 6.20. The largest absolute Gasteiger partial charge is 0.344 e. The molecule has 2 N–H and O–H groups in total. The van der Waals surface area contributed by atoms with Gasteiger partial charge in [0.15, 0.2) is 5.96 Å². The lowest BCUT2D eigenvalue weighted by Gasteiger charge is -2.45. The molecule has 2 fully saturated rings. The molecule has 2 aliphatic rings. The number of nitrogens with one attached hydrogen (secondary N) is 2. The average molecular weight is 445 g/mol. The molecule has 0 radical (unpaired) electrons. The highest BCUT2D eigenvalue weighted by molar-refractivity contribution is 6.30. The first-order valence-corrected chi connectivity index (χ1v) is 11.2. The van der Waals surface area contributed by atoms with E-state index in [0.717, 1.165) is 16.7 Å². The van der Waals surface area contributed by atoms with Crippen molar-refractivity contribution in [3.05, 3.63) is 88.7 Å². The van der Waals surface area contributed by atoms with Gasteiger partial charge in [-0.05, 0) is 72.2 Å². The Morgan fingerprint density at radius 3 is 2.44 bits per heavy atom. The summed E-state index contributed by atoms with van der Waals surface area (Å²) in [6.07, 6.45) is 4.22. The van der Waals surface area contributed by atoms with Crippen molar-refractivity contribution in [1.82, 2.24) is 15.2 Å². The van der Waals surface area contributed by atoms with Gasteiger partial charge in [-0.3, -0.25) is 20.1 Å². The van der Waals surface area contributed by atoms with Crippen molar-refractivity contribution in [2.24, 2.45) is 0 Å². The molecule has 0 unspecified atom stereocenters. The van der Waals surface area contributed by atoms with E-state index >= 15 is 0 Å². The number of guanidine groups is 1. The number of amides is 1. The second-order valence-corrected chi connectivity index (χ2v) is 9.32. The molecule has 1 aliphatic heterocycles. The van der Waals surface area contributed by atoms with E-state index in [2.05, 4.69) is 34.6 Å². The normalized spacial score (nSPS) is 23.2. The number of aromatic nitrogens is 1. The van der Waals surface area contributed by atoms with E-state index in [1.54, 1.807) is 13.2 Å². The Balaban J connectivity index is 1.59. The minimum atomic E-state index is -0.879. The van der Waals surface area contributed by atoms with Gasteiger partial charge < -0.3 is 5.32 Å². The van der Waals surface area contributed by atoms with Crippen LogP contribution in [-0.2, 0) is 10.3 Å². The van der Waals surface area contributed by atoms with Crippen LogP contribution in [0, 0.1) is 5.41 Å². The molecular weight excluding hydrogens is 420 g/mol. The van der Waals surface area contributed by atoms with Crippen molar-refractivity contribution < 1.29 is 4.79 Å². The van der Waals surface area contributed by atoms with E-state index in [-0.39, 0.29) is 11.9 Å². The number of likely N-dealkylation sites (N-methyl/N-ethyl adjacent to an activating group) is 1. The summed E-state index contributed by atoms with van der Waals surface area (Å²) in [4.78, 5) is 19.5. The molecule has 5 nitrogen and oxygen atoms in total. The Labute approximate surface area is 192 Å². The van der Waals surface area contributed by atoms with Crippen LogP contribution in [0.1, 0.15) is 48.4 Å². The second-order valence-electron chi connectivity index (χ2n) is 8.89. The molecule has 1 amide bonds. The van der Waals surface area contributed by atoms with Gasteiger partial charge in [0, 0.05) is 18.3 Å². The van der Waals surface area contributed by atoms with Crippen LogP contribution in [0.4, 0.5) is 0 Å². The lowest BCUT2D eigenvalue weighted by molar-refractivity contribution is -0.131. The maximum Gasteiger partial charge on any atom is 0.239 e. The SMILES string of the molecule is CN1C(=N)N[C@](C)(c2cc(-c3cccc(Cl)c3)ccn2)[C@@H](c2ccc(C3CC3)cc2)C1=O. The number of benzene rings is 2. The van der Waals surface area contributed by atoms with Crippen LogP contribution in [0.2, 0.25) is 5.02 Å². The quantitative estimate of drug-likeness (QED) is 0.575. The molecule has 3 aromatic rings. The van der Waals surface area contributed by atoms with Gasteiger partial charge in [0.05, 0.1) is 17.2 Å². The number of carbonyl (C=O) groups is 1. The Bertz CT molecular complexity index is 1200. The second kappa shape index (κ2) is 7.75. The molecule has 0 spiro atoms.